The minimum atomic E-state index is -0.204. The number of ether oxygens (including phenoxy) is 1. The first-order valence-corrected chi connectivity index (χ1v) is 8.75. The van der Waals surface area contributed by atoms with Gasteiger partial charge in [0.25, 0.3) is 11.8 Å². The number of unbranched alkanes of at least 4 members (excludes halogenated alkanes) is 1. The lowest BCUT2D eigenvalue weighted by atomic mass is 10.1. The summed E-state index contributed by atoms with van der Waals surface area (Å²) in [7, 11) is 1.72. The van der Waals surface area contributed by atoms with E-state index in [2.05, 4.69) is 12.2 Å². The van der Waals surface area contributed by atoms with E-state index in [0.29, 0.717) is 17.9 Å². The summed E-state index contributed by atoms with van der Waals surface area (Å²) in [6, 6.07) is 14.5. The predicted octanol–water partition coefficient (Wildman–Crippen LogP) is 3.61. The lowest BCUT2D eigenvalue weighted by molar-refractivity contribution is -0.117. The first-order chi connectivity index (χ1) is 12.6. The number of hydrogen-bond donors (Lipinski definition) is 1. The molecule has 3 rings (SSSR count). The molecule has 26 heavy (non-hydrogen) atoms. The lowest BCUT2D eigenvalue weighted by Crippen LogP contribution is -2.33. The zero-order valence-electron chi connectivity index (χ0n) is 15.0. The maximum Gasteiger partial charge on any atom is 0.293 e. The third kappa shape index (κ3) is 3.77. The molecular weight excluding hydrogens is 328 g/mol. The maximum absolute atomic E-state index is 12.5. The van der Waals surface area contributed by atoms with E-state index >= 15 is 0 Å². The topological polar surface area (TPSA) is 58.6 Å². The number of para-hydroxylation sites is 2. The van der Waals surface area contributed by atoms with Crippen LogP contribution in [-0.2, 0) is 4.79 Å². The average Bonchev–Trinajstić information content (AvgIpc) is 2.66. The number of likely N-dealkylation sites (N-methyl/N-ethyl adjacent to an activating group) is 1. The van der Waals surface area contributed by atoms with Crippen molar-refractivity contribution in [2.75, 3.05) is 18.5 Å². The van der Waals surface area contributed by atoms with Gasteiger partial charge in [0, 0.05) is 19.2 Å². The molecule has 0 aromatic heterocycles. The van der Waals surface area contributed by atoms with E-state index in [0.717, 1.165) is 24.1 Å². The Morgan fingerprint density at radius 2 is 1.88 bits per heavy atom. The summed E-state index contributed by atoms with van der Waals surface area (Å²) in [6.07, 6.45) is 3.69. The molecule has 0 unspecified atom stereocenters. The Labute approximate surface area is 153 Å². The highest BCUT2D eigenvalue weighted by Gasteiger charge is 2.27. The molecule has 5 heteroatoms. The van der Waals surface area contributed by atoms with Gasteiger partial charge in [0.05, 0.1) is 5.69 Å². The molecule has 5 nitrogen and oxygen atoms in total. The zero-order chi connectivity index (χ0) is 18.5. The Morgan fingerprint density at radius 3 is 2.62 bits per heavy atom. The number of carbonyl (C=O) groups excluding carboxylic acids is 2. The largest absolute Gasteiger partial charge is 0.449 e. The highest BCUT2D eigenvalue weighted by Crippen LogP contribution is 2.34. The Kier molecular flexibility index (Phi) is 5.37. The molecule has 2 aromatic rings. The minimum Gasteiger partial charge on any atom is -0.449 e. The van der Waals surface area contributed by atoms with Crippen molar-refractivity contribution in [1.29, 1.82) is 0 Å². The van der Waals surface area contributed by atoms with Gasteiger partial charge in [0.2, 0.25) is 0 Å². The van der Waals surface area contributed by atoms with Crippen LogP contribution in [0.2, 0.25) is 0 Å². The van der Waals surface area contributed by atoms with Gasteiger partial charge in [-0.25, -0.2) is 0 Å². The zero-order valence-corrected chi connectivity index (χ0v) is 15.0. The van der Waals surface area contributed by atoms with Crippen LogP contribution < -0.4 is 15.0 Å². The van der Waals surface area contributed by atoms with Crippen molar-refractivity contribution >= 4 is 23.6 Å². The average molecular weight is 350 g/mol. The molecule has 2 aromatic carbocycles. The standard InChI is InChI=1S/C21H22N2O3/c1-3-4-13-22-20(24)16-11-9-15(10-12-16)14-19-21(25)23(2)17-7-5-6-8-18(17)26-19/h5-12,14H,3-4,13H2,1-2H3,(H,22,24). The van der Waals surface area contributed by atoms with Crippen molar-refractivity contribution in [3.05, 3.63) is 65.4 Å². The van der Waals surface area contributed by atoms with Crippen molar-refractivity contribution in [1.82, 2.24) is 5.32 Å². The van der Waals surface area contributed by atoms with Crippen molar-refractivity contribution < 1.29 is 14.3 Å². The van der Waals surface area contributed by atoms with Crippen molar-refractivity contribution in [2.24, 2.45) is 0 Å². The van der Waals surface area contributed by atoms with Crippen LogP contribution in [0, 0.1) is 0 Å². The smallest absolute Gasteiger partial charge is 0.293 e. The van der Waals surface area contributed by atoms with Gasteiger partial charge in [-0.05, 0) is 42.3 Å². The van der Waals surface area contributed by atoms with Crippen LogP contribution in [0.15, 0.2) is 54.3 Å². The van der Waals surface area contributed by atoms with Crippen LogP contribution in [0.5, 0.6) is 5.75 Å². The van der Waals surface area contributed by atoms with Gasteiger partial charge in [-0.1, -0.05) is 37.6 Å². The summed E-state index contributed by atoms with van der Waals surface area (Å²) in [5.74, 6) is 0.612. The Hall–Kier alpha value is -3.08. The Bertz CT molecular complexity index is 841. The number of rotatable bonds is 5. The third-order valence-electron chi connectivity index (χ3n) is 4.25. The van der Waals surface area contributed by atoms with Crippen LogP contribution in [0.3, 0.4) is 0 Å². The fourth-order valence-corrected chi connectivity index (χ4v) is 2.71. The number of benzene rings is 2. The van der Waals surface area contributed by atoms with Crippen molar-refractivity contribution in [3.63, 3.8) is 0 Å². The van der Waals surface area contributed by atoms with E-state index in [1.165, 1.54) is 0 Å². The normalized spacial score (nSPS) is 14.8. The second-order valence-electron chi connectivity index (χ2n) is 6.17. The van der Waals surface area contributed by atoms with Gasteiger partial charge in [0.15, 0.2) is 11.5 Å². The highest BCUT2D eigenvalue weighted by molar-refractivity contribution is 6.09. The molecule has 1 aliphatic rings. The van der Waals surface area contributed by atoms with Gasteiger partial charge in [-0.3, -0.25) is 9.59 Å². The van der Waals surface area contributed by atoms with Crippen LogP contribution in [0.25, 0.3) is 6.08 Å². The number of anilines is 1. The second kappa shape index (κ2) is 7.87. The van der Waals surface area contributed by atoms with Crippen molar-refractivity contribution in [3.8, 4) is 5.75 Å². The third-order valence-corrected chi connectivity index (χ3v) is 4.25. The summed E-state index contributed by atoms with van der Waals surface area (Å²) in [5, 5.41) is 2.88. The van der Waals surface area contributed by atoms with E-state index in [1.54, 1.807) is 42.3 Å². The number of fused-ring (bicyclic) bond motifs is 1. The maximum atomic E-state index is 12.5. The molecule has 1 heterocycles. The van der Waals surface area contributed by atoms with Gasteiger partial charge >= 0.3 is 0 Å². The molecule has 1 N–H and O–H groups in total. The van der Waals surface area contributed by atoms with Crippen molar-refractivity contribution in [2.45, 2.75) is 19.8 Å². The molecule has 1 aliphatic heterocycles. The summed E-state index contributed by atoms with van der Waals surface area (Å²) in [5.41, 5.74) is 2.14. The van der Waals surface area contributed by atoms with Gasteiger partial charge in [0.1, 0.15) is 0 Å². The van der Waals surface area contributed by atoms with E-state index in [-0.39, 0.29) is 17.6 Å². The Balaban J connectivity index is 1.76. The monoisotopic (exact) mass is 350 g/mol. The first kappa shape index (κ1) is 17.7. The SMILES string of the molecule is CCCCNC(=O)c1ccc(C=C2Oc3ccccc3N(C)C2=O)cc1. The molecule has 0 spiro atoms. The van der Waals surface area contributed by atoms with Gasteiger partial charge in [-0.15, -0.1) is 0 Å². The summed E-state index contributed by atoms with van der Waals surface area (Å²) >= 11 is 0. The number of hydrogen-bond acceptors (Lipinski definition) is 3. The second-order valence-corrected chi connectivity index (χ2v) is 6.17. The summed E-state index contributed by atoms with van der Waals surface area (Å²) < 4.78 is 5.75. The molecular formula is C21H22N2O3. The number of nitrogens with one attached hydrogen (secondary N) is 1. The number of nitrogens with zero attached hydrogens (tertiary/aromatic N) is 1. The quantitative estimate of drug-likeness (QED) is 0.662. The number of amides is 2. The molecule has 0 bridgehead atoms. The molecule has 134 valence electrons. The Morgan fingerprint density at radius 1 is 1.15 bits per heavy atom. The fraction of sp³-hybridized carbons (Fsp3) is 0.238. The molecule has 0 aliphatic carbocycles. The van der Waals surface area contributed by atoms with Crippen LogP contribution in [0.4, 0.5) is 5.69 Å². The summed E-state index contributed by atoms with van der Waals surface area (Å²) in [6.45, 7) is 2.76. The van der Waals surface area contributed by atoms with E-state index < -0.39 is 0 Å². The van der Waals surface area contributed by atoms with Crippen LogP contribution in [0.1, 0.15) is 35.7 Å². The molecule has 0 fully saturated rings. The molecule has 0 radical (unpaired) electrons. The minimum absolute atomic E-state index is 0.0868. The summed E-state index contributed by atoms with van der Waals surface area (Å²) in [4.78, 5) is 26.1. The number of carbonyl (C=O) groups is 2. The van der Waals surface area contributed by atoms with Crippen LogP contribution in [-0.4, -0.2) is 25.4 Å². The molecule has 0 atom stereocenters. The van der Waals surface area contributed by atoms with Gasteiger partial charge in [-0.2, -0.15) is 0 Å². The first-order valence-electron chi connectivity index (χ1n) is 8.75. The molecule has 0 saturated heterocycles. The van der Waals surface area contributed by atoms with E-state index in [1.807, 2.05) is 24.3 Å². The van der Waals surface area contributed by atoms with Crippen LogP contribution >= 0.6 is 0 Å². The van der Waals surface area contributed by atoms with Gasteiger partial charge < -0.3 is 15.0 Å². The highest BCUT2D eigenvalue weighted by atomic mass is 16.5. The lowest BCUT2D eigenvalue weighted by Gasteiger charge is -2.27. The predicted molar refractivity (Wildman–Crippen MR) is 102 cm³/mol. The van der Waals surface area contributed by atoms with E-state index in [4.69, 9.17) is 4.74 Å². The molecule has 0 saturated carbocycles. The van der Waals surface area contributed by atoms with E-state index in [9.17, 15) is 9.59 Å². The molecule has 2 amide bonds. The fourth-order valence-electron chi connectivity index (χ4n) is 2.71.